The fraction of sp³-hybridized carbons (Fsp3) is 0.571. The van der Waals surface area contributed by atoms with Crippen LogP contribution in [0.4, 0.5) is 11.4 Å². The number of likely N-dealkylation sites (N-methyl/N-ethyl adjacent to an activating group) is 1. The molecule has 0 radical (unpaired) electrons. The Bertz CT molecular complexity index is 473. The lowest BCUT2D eigenvalue weighted by Gasteiger charge is -2.21. The first kappa shape index (κ1) is 14.7. The predicted octanol–water partition coefficient (Wildman–Crippen LogP) is 2.25. The smallest absolute Gasteiger partial charge is 0.269 e. The van der Waals surface area contributed by atoms with Crippen LogP contribution in [0.25, 0.3) is 0 Å². The summed E-state index contributed by atoms with van der Waals surface area (Å²) in [6.45, 7) is 2.36. The molecule has 1 N–H and O–H groups in total. The molecule has 1 aromatic carbocycles. The van der Waals surface area contributed by atoms with Crippen LogP contribution in [0.1, 0.15) is 18.4 Å². The molecule has 20 heavy (non-hydrogen) atoms. The van der Waals surface area contributed by atoms with Gasteiger partial charge in [0.25, 0.3) is 5.69 Å². The van der Waals surface area contributed by atoms with Gasteiger partial charge < -0.3 is 10.1 Å². The Labute approximate surface area is 118 Å². The summed E-state index contributed by atoms with van der Waals surface area (Å²) in [7, 11) is 3.84. The fourth-order valence-electron chi connectivity index (χ4n) is 2.56. The molecule has 1 atom stereocenters. The SMILES string of the molecule is CNc1ccc([N+](=O)[O-])cc1CN(C)CC1CCCO1. The molecule has 2 rings (SSSR count). The first-order valence-electron chi connectivity index (χ1n) is 6.85. The van der Waals surface area contributed by atoms with Crippen LogP contribution < -0.4 is 5.32 Å². The highest BCUT2D eigenvalue weighted by Gasteiger charge is 2.18. The molecule has 0 saturated carbocycles. The lowest BCUT2D eigenvalue weighted by Crippen LogP contribution is -2.28. The molecule has 0 aliphatic carbocycles. The lowest BCUT2D eigenvalue weighted by atomic mass is 10.1. The standard InChI is InChI=1S/C14H21N3O3/c1-15-14-6-5-12(17(18)19)8-11(14)9-16(2)10-13-4-3-7-20-13/h5-6,8,13,15H,3-4,7,9-10H2,1-2H3. The average molecular weight is 279 g/mol. The van der Waals surface area contributed by atoms with Crippen molar-refractivity contribution in [3.8, 4) is 0 Å². The summed E-state index contributed by atoms with van der Waals surface area (Å²) in [5, 5.41) is 13.9. The largest absolute Gasteiger partial charge is 0.388 e. The number of nitro groups is 1. The predicted molar refractivity (Wildman–Crippen MR) is 78.0 cm³/mol. The van der Waals surface area contributed by atoms with Gasteiger partial charge in [0.15, 0.2) is 0 Å². The first-order valence-corrected chi connectivity index (χ1v) is 6.85. The van der Waals surface area contributed by atoms with Crippen molar-refractivity contribution >= 4 is 11.4 Å². The van der Waals surface area contributed by atoms with Crippen molar-refractivity contribution < 1.29 is 9.66 Å². The topological polar surface area (TPSA) is 67.6 Å². The molecule has 1 aliphatic rings. The van der Waals surface area contributed by atoms with Gasteiger partial charge in [0.2, 0.25) is 0 Å². The molecule has 6 nitrogen and oxygen atoms in total. The second-order valence-electron chi connectivity index (χ2n) is 5.18. The Morgan fingerprint density at radius 1 is 1.55 bits per heavy atom. The molecule has 0 spiro atoms. The van der Waals surface area contributed by atoms with Crippen molar-refractivity contribution in [1.82, 2.24) is 4.90 Å². The highest BCUT2D eigenvalue weighted by molar-refractivity contribution is 5.55. The molecule has 110 valence electrons. The number of non-ortho nitro benzene ring substituents is 1. The Kier molecular flexibility index (Phi) is 4.92. The number of nitrogens with one attached hydrogen (secondary N) is 1. The minimum atomic E-state index is -0.358. The van der Waals surface area contributed by atoms with Crippen LogP contribution in [-0.4, -0.2) is 43.2 Å². The monoisotopic (exact) mass is 279 g/mol. The Morgan fingerprint density at radius 2 is 2.35 bits per heavy atom. The Hall–Kier alpha value is -1.66. The van der Waals surface area contributed by atoms with Crippen LogP contribution in [-0.2, 0) is 11.3 Å². The molecular weight excluding hydrogens is 258 g/mol. The van der Waals surface area contributed by atoms with Gasteiger partial charge in [-0.15, -0.1) is 0 Å². The van der Waals surface area contributed by atoms with Gasteiger partial charge >= 0.3 is 0 Å². The van der Waals surface area contributed by atoms with Gasteiger partial charge in [-0.2, -0.15) is 0 Å². The maximum absolute atomic E-state index is 10.9. The molecule has 0 bridgehead atoms. The van der Waals surface area contributed by atoms with Crippen LogP contribution in [0.15, 0.2) is 18.2 Å². The van der Waals surface area contributed by atoms with Gasteiger partial charge in [-0.3, -0.25) is 15.0 Å². The maximum atomic E-state index is 10.9. The van der Waals surface area contributed by atoms with E-state index in [-0.39, 0.29) is 16.7 Å². The second kappa shape index (κ2) is 6.67. The van der Waals surface area contributed by atoms with E-state index in [2.05, 4.69) is 10.2 Å². The highest BCUT2D eigenvalue weighted by atomic mass is 16.6. The van der Waals surface area contributed by atoms with Crippen molar-refractivity contribution in [2.24, 2.45) is 0 Å². The molecule has 1 unspecified atom stereocenters. The van der Waals surface area contributed by atoms with Crippen LogP contribution in [0, 0.1) is 10.1 Å². The first-order chi connectivity index (χ1) is 9.60. The van der Waals surface area contributed by atoms with E-state index in [1.54, 1.807) is 12.1 Å². The van der Waals surface area contributed by atoms with Gasteiger partial charge in [-0.05, 0) is 31.5 Å². The van der Waals surface area contributed by atoms with Crippen LogP contribution >= 0.6 is 0 Å². The van der Waals surface area contributed by atoms with E-state index < -0.39 is 0 Å². The summed E-state index contributed by atoms with van der Waals surface area (Å²) in [6.07, 6.45) is 2.51. The number of anilines is 1. The van der Waals surface area contributed by atoms with Crippen molar-refractivity contribution in [3.63, 3.8) is 0 Å². The Balaban J connectivity index is 2.05. The summed E-state index contributed by atoms with van der Waals surface area (Å²) in [5.74, 6) is 0. The molecule has 1 aliphatic heterocycles. The molecule has 1 saturated heterocycles. The normalized spacial score (nSPS) is 18.4. The summed E-state index contributed by atoms with van der Waals surface area (Å²) in [6, 6.07) is 4.92. The molecule has 1 heterocycles. The van der Waals surface area contributed by atoms with E-state index >= 15 is 0 Å². The number of hydrogen-bond acceptors (Lipinski definition) is 5. The quantitative estimate of drug-likeness (QED) is 0.639. The average Bonchev–Trinajstić information content (AvgIpc) is 2.91. The van der Waals surface area contributed by atoms with Gasteiger partial charge in [0, 0.05) is 44.6 Å². The number of benzene rings is 1. The molecule has 0 aromatic heterocycles. The molecule has 0 amide bonds. The summed E-state index contributed by atoms with van der Waals surface area (Å²) >= 11 is 0. The molecule has 1 fully saturated rings. The van der Waals surface area contributed by atoms with Crippen LogP contribution in [0.5, 0.6) is 0 Å². The third-order valence-corrected chi connectivity index (χ3v) is 3.55. The molecule has 6 heteroatoms. The Morgan fingerprint density at radius 3 is 2.95 bits per heavy atom. The summed E-state index contributed by atoms with van der Waals surface area (Å²) in [4.78, 5) is 12.7. The summed E-state index contributed by atoms with van der Waals surface area (Å²) < 4.78 is 5.61. The van der Waals surface area contributed by atoms with E-state index in [0.717, 1.165) is 37.2 Å². The highest BCUT2D eigenvalue weighted by Crippen LogP contribution is 2.23. The third-order valence-electron chi connectivity index (χ3n) is 3.55. The van der Waals surface area contributed by atoms with Gasteiger partial charge in [-0.25, -0.2) is 0 Å². The minimum Gasteiger partial charge on any atom is -0.388 e. The van der Waals surface area contributed by atoms with Gasteiger partial charge in [-0.1, -0.05) is 0 Å². The summed E-state index contributed by atoms with van der Waals surface area (Å²) in [5.41, 5.74) is 1.99. The van der Waals surface area contributed by atoms with E-state index in [4.69, 9.17) is 4.74 Å². The molecule has 1 aromatic rings. The van der Waals surface area contributed by atoms with Gasteiger partial charge in [0.1, 0.15) is 0 Å². The number of ether oxygens (including phenoxy) is 1. The van der Waals surface area contributed by atoms with Crippen LogP contribution in [0.2, 0.25) is 0 Å². The minimum absolute atomic E-state index is 0.129. The third kappa shape index (κ3) is 3.68. The lowest BCUT2D eigenvalue weighted by molar-refractivity contribution is -0.384. The number of nitro benzene ring substituents is 1. The van der Waals surface area contributed by atoms with E-state index in [9.17, 15) is 10.1 Å². The van der Waals surface area contributed by atoms with E-state index in [1.807, 2.05) is 14.1 Å². The van der Waals surface area contributed by atoms with Crippen molar-refractivity contribution in [2.75, 3.05) is 32.6 Å². The van der Waals surface area contributed by atoms with Crippen molar-refractivity contribution in [1.29, 1.82) is 0 Å². The number of nitrogens with zero attached hydrogens (tertiary/aromatic N) is 2. The van der Waals surface area contributed by atoms with Crippen molar-refractivity contribution in [3.05, 3.63) is 33.9 Å². The van der Waals surface area contributed by atoms with Gasteiger partial charge in [0.05, 0.1) is 11.0 Å². The zero-order valence-corrected chi connectivity index (χ0v) is 12.0. The maximum Gasteiger partial charge on any atom is 0.269 e. The van der Waals surface area contributed by atoms with Crippen molar-refractivity contribution in [2.45, 2.75) is 25.5 Å². The van der Waals surface area contributed by atoms with E-state index in [0.29, 0.717) is 6.54 Å². The number of hydrogen-bond donors (Lipinski definition) is 1. The second-order valence-corrected chi connectivity index (χ2v) is 5.18. The van der Waals surface area contributed by atoms with E-state index in [1.165, 1.54) is 6.07 Å². The van der Waals surface area contributed by atoms with Crippen LogP contribution in [0.3, 0.4) is 0 Å². The molecular formula is C14H21N3O3. The fourth-order valence-corrected chi connectivity index (χ4v) is 2.56. The number of rotatable bonds is 6. The zero-order chi connectivity index (χ0) is 14.5. The zero-order valence-electron chi connectivity index (χ0n) is 12.0.